The van der Waals surface area contributed by atoms with Gasteiger partial charge in [0.2, 0.25) is 5.69 Å². The maximum atomic E-state index is 2.58. The van der Waals surface area contributed by atoms with E-state index in [0.29, 0.717) is 0 Å². The first-order valence-corrected chi connectivity index (χ1v) is 16.5. The summed E-state index contributed by atoms with van der Waals surface area (Å²) in [5.41, 5.74) is 8.68. The lowest BCUT2D eigenvalue weighted by Crippen LogP contribution is -3.00. The summed E-state index contributed by atoms with van der Waals surface area (Å²) in [6.07, 6.45) is 3.61. The van der Waals surface area contributed by atoms with Crippen LogP contribution in [0.4, 0.5) is 5.69 Å². The van der Waals surface area contributed by atoms with Gasteiger partial charge in [-0.25, -0.2) is 0 Å². The Morgan fingerprint density at radius 3 is 1.61 bits per heavy atom. The minimum Gasteiger partial charge on any atom is -1.00 e. The third kappa shape index (κ3) is 4.67. The molecule has 0 fully saturated rings. The molecule has 1 heterocycles. The molecule has 1 nitrogen and oxygen atoms in total. The van der Waals surface area contributed by atoms with E-state index in [0.717, 1.165) is 13.0 Å². The Hall–Kier alpha value is -3.79. The lowest BCUT2D eigenvalue weighted by molar-refractivity contribution is -0.455. The van der Waals surface area contributed by atoms with Crippen molar-refractivity contribution < 1.29 is 21.6 Å². The molecule has 0 aromatic heterocycles. The summed E-state index contributed by atoms with van der Waals surface area (Å²) < 4.78 is 2.58. The number of nitrogens with zero attached hydrogens (tertiary/aromatic N) is 1. The fourth-order valence-corrected chi connectivity index (χ4v) is 11.8. The summed E-state index contributed by atoms with van der Waals surface area (Å²) in [5.74, 6) is 0. The van der Waals surface area contributed by atoms with Crippen LogP contribution in [0.5, 0.6) is 0 Å². The van der Waals surface area contributed by atoms with E-state index in [1.165, 1.54) is 67.3 Å². The molecule has 0 radical (unpaired) electrons. The first-order valence-electron chi connectivity index (χ1n) is 14.5. The van der Waals surface area contributed by atoms with E-state index >= 15 is 0 Å². The van der Waals surface area contributed by atoms with E-state index in [4.69, 9.17) is 0 Å². The summed E-state index contributed by atoms with van der Waals surface area (Å²) in [6, 6.07) is 52.1. The van der Waals surface area contributed by atoms with Crippen molar-refractivity contribution in [2.45, 2.75) is 32.7 Å². The van der Waals surface area contributed by atoms with E-state index in [1.807, 2.05) is 0 Å². The summed E-state index contributed by atoms with van der Waals surface area (Å²) in [4.78, 5) is 0. The lowest BCUT2D eigenvalue weighted by Gasteiger charge is -2.34. The second-order valence-corrected chi connectivity index (χ2v) is 14.9. The molecule has 1 aliphatic heterocycles. The van der Waals surface area contributed by atoms with Gasteiger partial charge in [-0.3, -0.25) is 0 Å². The minimum atomic E-state index is -2.49. The van der Waals surface area contributed by atoms with Crippen LogP contribution in [0.3, 0.4) is 0 Å². The van der Waals surface area contributed by atoms with Crippen LogP contribution in [0.1, 0.15) is 37.3 Å². The maximum Gasteiger partial charge on any atom is 0.213 e. The largest absolute Gasteiger partial charge is 1.00 e. The van der Waals surface area contributed by atoms with Crippen LogP contribution < -0.4 is 37.7 Å². The quantitative estimate of drug-likeness (QED) is 0.157. The molecular formula is C38H34BrNSi. The second kappa shape index (κ2) is 11.6. The van der Waals surface area contributed by atoms with Gasteiger partial charge in [0.05, 0.1) is 11.1 Å². The van der Waals surface area contributed by atoms with Gasteiger partial charge in [-0.05, 0) is 46.6 Å². The van der Waals surface area contributed by atoms with Crippen molar-refractivity contribution in [3.63, 3.8) is 0 Å². The summed E-state index contributed by atoms with van der Waals surface area (Å²) >= 11 is 0. The molecule has 0 spiro atoms. The predicted molar refractivity (Wildman–Crippen MR) is 172 cm³/mol. The SMILES string of the molecule is CC1=C2C(=[N+](Cc3ccc([Si](c4ccccc4)(c4ccccc4)c4ccccc4)cc3)c3ccccc32)CCC1.[Br-]. The van der Waals surface area contributed by atoms with Crippen LogP contribution in [0, 0.1) is 0 Å². The molecule has 7 rings (SSSR count). The number of fused-ring (bicyclic) bond motifs is 3. The van der Waals surface area contributed by atoms with E-state index in [9.17, 15) is 0 Å². The van der Waals surface area contributed by atoms with Crippen LogP contribution >= 0.6 is 0 Å². The van der Waals surface area contributed by atoms with E-state index in [1.54, 1.807) is 0 Å². The maximum absolute atomic E-state index is 2.58. The first-order chi connectivity index (χ1) is 19.8. The van der Waals surface area contributed by atoms with Crippen LogP contribution in [0.25, 0.3) is 5.57 Å². The molecule has 1 aliphatic carbocycles. The highest BCUT2D eigenvalue weighted by molar-refractivity contribution is 7.19. The molecule has 0 saturated carbocycles. The van der Waals surface area contributed by atoms with Gasteiger partial charge >= 0.3 is 0 Å². The fraction of sp³-hybridized carbons (Fsp3) is 0.132. The van der Waals surface area contributed by atoms with Crippen molar-refractivity contribution in [1.29, 1.82) is 0 Å². The summed E-state index contributed by atoms with van der Waals surface area (Å²) in [7, 11) is -2.49. The van der Waals surface area contributed by atoms with Crippen LogP contribution in [0.2, 0.25) is 0 Å². The zero-order valence-electron chi connectivity index (χ0n) is 23.4. The molecule has 0 saturated heterocycles. The van der Waals surface area contributed by atoms with E-state index in [-0.39, 0.29) is 17.0 Å². The van der Waals surface area contributed by atoms with E-state index in [2.05, 4.69) is 151 Å². The van der Waals surface area contributed by atoms with Gasteiger partial charge in [-0.2, -0.15) is 4.58 Å². The molecule has 0 atom stereocenters. The minimum absolute atomic E-state index is 0. The Bertz CT molecular complexity index is 1630. The number of rotatable bonds is 6. The average Bonchev–Trinajstić information content (AvgIpc) is 3.34. The van der Waals surface area contributed by atoms with Crippen LogP contribution in [-0.2, 0) is 6.54 Å². The number of halogens is 1. The molecule has 41 heavy (non-hydrogen) atoms. The summed E-state index contributed by atoms with van der Waals surface area (Å²) in [5, 5.41) is 5.66. The molecule has 0 bridgehead atoms. The van der Waals surface area contributed by atoms with Gasteiger partial charge in [0.15, 0.2) is 20.3 Å². The molecule has 5 aromatic carbocycles. The Balaban J connectivity index is 0.00000302. The van der Waals surface area contributed by atoms with Gasteiger partial charge < -0.3 is 17.0 Å². The zero-order valence-corrected chi connectivity index (χ0v) is 26.0. The van der Waals surface area contributed by atoms with Gasteiger partial charge in [-0.1, -0.05) is 133 Å². The monoisotopic (exact) mass is 611 g/mol. The Kier molecular flexibility index (Phi) is 7.75. The highest BCUT2D eigenvalue weighted by atomic mass is 79.9. The smallest absolute Gasteiger partial charge is 0.213 e. The molecule has 0 amide bonds. The van der Waals surface area contributed by atoms with Gasteiger partial charge in [0.1, 0.15) is 0 Å². The second-order valence-electron chi connectivity index (χ2n) is 11.1. The number of hydrogen-bond acceptors (Lipinski definition) is 0. The van der Waals surface area contributed by atoms with Gasteiger partial charge in [0, 0.05) is 18.1 Å². The van der Waals surface area contributed by atoms with Crippen molar-refractivity contribution in [3.05, 3.63) is 156 Å². The third-order valence-corrected chi connectivity index (χ3v) is 13.6. The van der Waals surface area contributed by atoms with Crippen molar-refractivity contribution in [2.24, 2.45) is 0 Å². The third-order valence-electron chi connectivity index (χ3n) is 8.82. The lowest BCUT2D eigenvalue weighted by atomic mass is 9.88. The first kappa shape index (κ1) is 27.4. The normalized spacial score (nSPS) is 14.4. The van der Waals surface area contributed by atoms with Crippen LogP contribution in [-0.4, -0.2) is 18.4 Å². The Morgan fingerprint density at radius 1 is 0.561 bits per heavy atom. The molecule has 2 aliphatic rings. The van der Waals surface area contributed by atoms with Crippen molar-refractivity contribution in [2.75, 3.05) is 0 Å². The Morgan fingerprint density at radius 2 is 1.05 bits per heavy atom. The van der Waals surface area contributed by atoms with Crippen molar-refractivity contribution >= 4 is 45.8 Å². The number of para-hydroxylation sites is 1. The number of hydrogen-bond donors (Lipinski definition) is 0. The molecule has 202 valence electrons. The van der Waals surface area contributed by atoms with Crippen LogP contribution in [0.15, 0.2) is 145 Å². The Labute approximate surface area is 255 Å². The topological polar surface area (TPSA) is 3.01 Å². The molecule has 3 heteroatoms. The summed E-state index contributed by atoms with van der Waals surface area (Å²) in [6.45, 7) is 3.23. The van der Waals surface area contributed by atoms with Crippen molar-refractivity contribution in [3.8, 4) is 0 Å². The predicted octanol–water partition coefficient (Wildman–Crippen LogP) is 3.32. The zero-order chi connectivity index (χ0) is 26.9. The fourth-order valence-electron chi connectivity index (χ4n) is 7.03. The molecule has 5 aromatic rings. The number of benzene rings is 5. The van der Waals surface area contributed by atoms with Gasteiger partial charge in [-0.15, -0.1) is 0 Å². The molecule has 0 N–H and O–H groups in total. The highest BCUT2D eigenvalue weighted by Gasteiger charge is 2.41. The standard InChI is InChI=1S/C38H34NSi.BrH/c1-29-14-13-23-37-38(29)35-21-11-12-22-36(35)39(37)28-30-24-26-34(27-25-30)40(31-15-5-2-6-16-31,32-17-7-3-8-18-32)33-19-9-4-10-20-33;/h2-12,15-22,24-27H,13-14,23,28H2,1H3;1H/q+1;/p-1. The number of allylic oxidation sites excluding steroid dienone is 2. The molecule has 0 unspecified atom stereocenters. The van der Waals surface area contributed by atoms with E-state index < -0.39 is 8.07 Å². The average molecular weight is 613 g/mol. The van der Waals surface area contributed by atoms with Crippen molar-refractivity contribution in [1.82, 2.24) is 0 Å². The molecular weight excluding hydrogens is 578 g/mol. The van der Waals surface area contributed by atoms with Gasteiger partial charge in [0.25, 0.3) is 0 Å². The highest BCUT2D eigenvalue weighted by Crippen LogP contribution is 2.41.